The summed E-state index contributed by atoms with van der Waals surface area (Å²) in [5, 5.41) is 1.20. The molecule has 0 unspecified atom stereocenters. The lowest BCUT2D eigenvalue weighted by Crippen LogP contribution is -2.24. The van der Waals surface area contributed by atoms with Gasteiger partial charge in [-0.25, -0.2) is 0 Å². The Morgan fingerprint density at radius 2 is 2.31 bits per heavy atom. The van der Waals surface area contributed by atoms with Crippen molar-refractivity contribution in [1.29, 1.82) is 0 Å². The molecule has 1 aliphatic heterocycles. The molecule has 3 nitrogen and oxygen atoms in total. The highest BCUT2D eigenvalue weighted by Gasteiger charge is 2.16. The number of aromatic nitrogens is 1. The van der Waals surface area contributed by atoms with Crippen LogP contribution in [-0.2, 0) is 6.42 Å². The summed E-state index contributed by atoms with van der Waals surface area (Å²) in [5.74, 6) is 0. The highest BCUT2D eigenvalue weighted by molar-refractivity contribution is 5.93. The molecule has 1 aromatic carbocycles. The number of nitrogens with zero attached hydrogens (tertiary/aromatic N) is 1. The van der Waals surface area contributed by atoms with Crippen molar-refractivity contribution in [2.75, 3.05) is 18.5 Å². The van der Waals surface area contributed by atoms with Gasteiger partial charge in [0.15, 0.2) is 6.29 Å². The fourth-order valence-corrected chi connectivity index (χ4v) is 2.57. The first-order chi connectivity index (χ1) is 7.79. The Morgan fingerprint density at radius 3 is 3.12 bits per heavy atom. The molecule has 1 N–H and O–H groups in total. The number of hydrogen-bond donors (Lipinski definition) is 1. The summed E-state index contributed by atoms with van der Waals surface area (Å²) in [7, 11) is 2.12. The maximum absolute atomic E-state index is 10.8. The summed E-state index contributed by atoms with van der Waals surface area (Å²) in [6.07, 6.45) is 3.16. The Hall–Kier alpha value is -1.77. The van der Waals surface area contributed by atoms with Crippen LogP contribution in [0.3, 0.4) is 0 Å². The Morgan fingerprint density at radius 1 is 1.44 bits per heavy atom. The molecule has 3 rings (SSSR count). The number of aromatic amines is 1. The van der Waals surface area contributed by atoms with Crippen molar-refractivity contribution in [1.82, 2.24) is 4.98 Å². The predicted molar refractivity (Wildman–Crippen MR) is 65.3 cm³/mol. The molecule has 0 aliphatic carbocycles. The monoisotopic (exact) mass is 214 g/mol. The number of carbonyl (C=O) groups excluding carboxylic acids is 1. The van der Waals surface area contributed by atoms with Crippen molar-refractivity contribution in [3.8, 4) is 0 Å². The fraction of sp³-hybridized carbons (Fsp3) is 0.308. The van der Waals surface area contributed by atoms with Gasteiger partial charge in [-0.05, 0) is 36.6 Å². The Bertz CT molecular complexity index is 556. The van der Waals surface area contributed by atoms with Crippen molar-refractivity contribution in [2.45, 2.75) is 12.8 Å². The molecule has 0 radical (unpaired) electrons. The molecule has 0 saturated heterocycles. The third kappa shape index (κ3) is 1.24. The van der Waals surface area contributed by atoms with Crippen molar-refractivity contribution in [2.24, 2.45) is 0 Å². The lowest BCUT2D eigenvalue weighted by atomic mass is 9.98. The van der Waals surface area contributed by atoms with Crippen LogP contribution in [0.2, 0.25) is 0 Å². The number of anilines is 1. The topological polar surface area (TPSA) is 36.1 Å². The first-order valence-corrected chi connectivity index (χ1v) is 5.60. The van der Waals surface area contributed by atoms with Crippen LogP contribution < -0.4 is 4.90 Å². The largest absolute Gasteiger partial charge is 0.374 e. The van der Waals surface area contributed by atoms with E-state index in [1.807, 2.05) is 6.07 Å². The van der Waals surface area contributed by atoms with Crippen LogP contribution in [0.15, 0.2) is 18.2 Å². The quantitative estimate of drug-likeness (QED) is 0.740. The van der Waals surface area contributed by atoms with E-state index in [9.17, 15) is 4.79 Å². The van der Waals surface area contributed by atoms with Crippen molar-refractivity contribution >= 4 is 22.9 Å². The number of hydrogen-bond acceptors (Lipinski definition) is 2. The van der Waals surface area contributed by atoms with E-state index in [2.05, 4.69) is 29.1 Å². The minimum atomic E-state index is 0.664. The molecule has 1 aromatic heterocycles. The highest BCUT2D eigenvalue weighted by atomic mass is 16.1. The molecule has 0 saturated carbocycles. The minimum absolute atomic E-state index is 0.664. The number of H-pyrrole nitrogens is 1. The maximum atomic E-state index is 10.8. The van der Waals surface area contributed by atoms with Crippen LogP contribution in [0.5, 0.6) is 0 Å². The number of carbonyl (C=O) groups is 1. The zero-order valence-electron chi connectivity index (χ0n) is 9.29. The van der Waals surface area contributed by atoms with Crippen molar-refractivity contribution in [3.05, 3.63) is 29.5 Å². The van der Waals surface area contributed by atoms with Gasteiger partial charge in [0.2, 0.25) is 0 Å². The van der Waals surface area contributed by atoms with E-state index in [0.717, 1.165) is 24.8 Å². The average molecular weight is 214 g/mol. The van der Waals surface area contributed by atoms with Crippen LogP contribution in [0.1, 0.15) is 22.5 Å². The van der Waals surface area contributed by atoms with E-state index in [4.69, 9.17) is 0 Å². The third-order valence-corrected chi connectivity index (χ3v) is 3.37. The first kappa shape index (κ1) is 9.46. The number of aryl methyl sites for hydroxylation is 1. The van der Waals surface area contributed by atoms with Gasteiger partial charge in [0.25, 0.3) is 0 Å². The molecule has 0 bridgehead atoms. The number of benzene rings is 1. The molecule has 3 heteroatoms. The second-order valence-corrected chi connectivity index (χ2v) is 4.39. The van der Waals surface area contributed by atoms with Gasteiger partial charge in [0, 0.05) is 30.2 Å². The Balaban J connectivity index is 2.29. The van der Waals surface area contributed by atoms with E-state index < -0.39 is 0 Å². The molecule has 2 aromatic rings. The van der Waals surface area contributed by atoms with Gasteiger partial charge < -0.3 is 9.88 Å². The zero-order chi connectivity index (χ0) is 11.1. The highest BCUT2D eigenvalue weighted by Crippen LogP contribution is 2.32. The maximum Gasteiger partial charge on any atom is 0.166 e. The van der Waals surface area contributed by atoms with Gasteiger partial charge >= 0.3 is 0 Å². The van der Waals surface area contributed by atoms with Crippen LogP contribution in [0.25, 0.3) is 10.9 Å². The van der Waals surface area contributed by atoms with Crippen LogP contribution in [-0.4, -0.2) is 24.9 Å². The van der Waals surface area contributed by atoms with Crippen LogP contribution in [0.4, 0.5) is 5.69 Å². The van der Waals surface area contributed by atoms with Gasteiger partial charge in [-0.1, -0.05) is 0 Å². The molecule has 0 atom stereocenters. The van der Waals surface area contributed by atoms with Crippen LogP contribution in [0, 0.1) is 0 Å². The SMILES string of the molecule is CN1CCCc2c1ccc1[nH]c(C=O)cc21. The van der Waals surface area contributed by atoms with Gasteiger partial charge in [0.05, 0.1) is 5.69 Å². The molecule has 1 aliphatic rings. The minimum Gasteiger partial charge on any atom is -0.374 e. The van der Waals surface area contributed by atoms with Gasteiger partial charge in [-0.15, -0.1) is 0 Å². The fourth-order valence-electron chi connectivity index (χ4n) is 2.57. The summed E-state index contributed by atoms with van der Waals surface area (Å²) < 4.78 is 0. The molecule has 0 amide bonds. The van der Waals surface area contributed by atoms with Crippen LogP contribution >= 0.6 is 0 Å². The summed E-state index contributed by atoms with van der Waals surface area (Å²) in [5.41, 5.74) is 4.40. The summed E-state index contributed by atoms with van der Waals surface area (Å²) in [6, 6.07) is 6.16. The Kier molecular flexibility index (Phi) is 1.99. The Labute approximate surface area is 94.1 Å². The van der Waals surface area contributed by atoms with E-state index in [1.54, 1.807) is 0 Å². The summed E-state index contributed by atoms with van der Waals surface area (Å²) in [4.78, 5) is 16.2. The van der Waals surface area contributed by atoms with Gasteiger partial charge in [-0.2, -0.15) is 0 Å². The second kappa shape index (κ2) is 3.37. The number of rotatable bonds is 1. The van der Waals surface area contributed by atoms with E-state index in [1.165, 1.54) is 23.1 Å². The van der Waals surface area contributed by atoms with E-state index in [0.29, 0.717) is 5.69 Å². The molecule has 2 heterocycles. The number of fused-ring (bicyclic) bond motifs is 3. The van der Waals surface area contributed by atoms with Gasteiger partial charge in [-0.3, -0.25) is 4.79 Å². The van der Waals surface area contributed by atoms with Crippen molar-refractivity contribution in [3.63, 3.8) is 0 Å². The smallest absolute Gasteiger partial charge is 0.166 e. The first-order valence-electron chi connectivity index (χ1n) is 5.60. The molecule has 0 spiro atoms. The van der Waals surface area contributed by atoms with Gasteiger partial charge in [0.1, 0.15) is 0 Å². The van der Waals surface area contributed by atoms with E-state index in [-0.39, 0.29) is 0 Å². The van der Waals surface area contributed by atoms with Crippen molar-refractivity contribution < 1.29 is 4.79 Å². The molecule has 82 valence electrons. The number of nitrogens with one attached hydrogen (secondary N) is 1. The summed E-state index contributed by atoms with van der Waals surface area (Å²) >= 11 is 0. The average Bonchev–Trinajstić information content (AvgIpc) is 2.72. The normalized spacial score (nSPS) is 15.2. The molecular formula is C13H14N2O. The third-order valence-electron chi connectivity index (χ3n) is 3.37. The molecule has 0 fully saturated rings. The number of aldehydes is 1. The summed E-state index contributed by atoms with van der Waals surface area (Å²) in [6.45, 7) is 1.11. The zero-order valence-corrected chi connectivity index (χ0v) is 9.29. The van der Waals surface area contributed by atoms with E-state index >= 15 is 0 Å². The lowest BCUT2D eigenvalue weighted by molar-refractivity contribution is 0.112. The lowest BCUT2D eigenvalue weighted by Gasteiger charge is -2.27. The standard InChI is InChI=1S/C13H14N2O/c1-15-6-2-3-10-11-7-9(8-16)14-12(11)4-5-13(10)15/h4-5,7-8,14H,2-3,6H2,1H3. The predicted octanol–water partition coefficient (Wildman–Crippen LogP) is 2.36. The molecular weight excluding hydrogens is 200 g/mol. The second-order valence-electron chi connectivity index (χ2n) is 4.39. The molecule has 16 heavy (non-hydrogen) atoms.